The first-order valence-corrected chi connectivity index (χ1v) is 7.38. The second kappa shape index (κ2) is 8.14. The Morgan fingerprint density at radius 3 is 3.04 bits per heavy atom. The molecular formula is C15H22ClN5O2. The fourth-order valence-electron chi connectivity index (χ4n) is 2.53. The molecule has 1 saturated heterocycles. The maximum atomic E-state index is 5.34. The second-order valence-electron chi connectivity index (χ2n) is 5.30. The van der Waals surface area contributed by atoms with Gasteiger partial charge in [-0.3, -0.25) is 4.90 Å². The van der Waals surface area contributed by atoms with E-state index < -0.39 is 0 Å². The Morgan fingerprint density at radius 1 is 1.43 bits per heavy atom. The Hall–Kier alpha value is -1.83. The van der Waals surface area contributed by atoms with Crippen molar-refractivity contribution < 1.29 is 9.26 Å². The fraction of sp³-hybridized carbons (Fsp3) is 0.467. The molecule has 2 aromatic rings. The van der Waals surface area contributed by atoms with E-state index in [1.807, 2.05) is 24.3 Å². The smallest absolute Gasteiger partial charge is 0.246 e. The molecule has 1 fully saturated rings. The van der Waals surface area contributed by atoms with Gasteiger partial charge in [0.1, 0.15) is 5.75 Å². The standard InChI is InChI=1S/C15H21N5O2.ClH/c1-20-8-7-16-9-12(20)15-18-14(22-19-15)10-17-11-5-3-4-6-13(11)21-2;/h3-6,12,16-17H,7-10H2,1-2H3;1H. The molecule has 2 N–H and O–H groups in total. The number of likely N-dealkylation sites (N-methyl/N-ethyl adjacent to an activating group) is 1. The van der Waals surface area contributed by atoms with Crippen LogP contribution in [0, 0.1) is 0 Å². The van der Waals surface area contributed by atoms with Gasteiger partial charge in [0, 0.05) is 19.6 Å². The van der Waals surface area contributed by atoms with Crippen LogP contribution in [-0.2, 0) is 6.54 Å². The van der Waals surface area contributed by atoms with E-state index in [1.165, 1.54) is 0 Å². The van der Waals surface area contributed by atoms with Gasteiger partial charge in [-0.2, -0.15) is 4.98 Å². The monoisotopic (exact) mass is 339 g/mol. The van der Waals surface area contributed by atoms with Gasteiger partial charge >= 0.3 is 0 Å². The van der Waals surface area contributed by atoms with Crippen molar-refractivity contribution in [1.82, 2.24) is 20.4 Å². The van der Waals surface area contributed by atoms with Crippen LogP contribution in [0.5, 0.6) is 5.75 Å². The largest absolute Gasteiger partial charge is 0.495 e. The zero-order chi connectivity index (χ0) is 15.4. The van der Waals surface area contributed by atoms with E-state index in [4.69, 9.17) is 9.26 Å². The number of halogens is 1. The van der Waals surface area contributed by atoms with Crippen molar-refractivity contribution in [2.75, 3.05) is 39.1 Å². The summed E-state index contributed by atoms with van der Waals surface area (Å²) in [4.78, 5) is 6.73. The van der Waals surface area contributed by atoms with Crippen molar-refractivity contribution in [3.8, 4) is 5.75 Å². The quantitative estimate of drug-likeness (QED) is 0.858. The van der Waals surface area contributed by atoms with E-state index in [0.29, 0.717) is 12.4 Å². The highest BCUT2D eigenvalue weighted by molar-refractivity contribution is 5.85. The first-order valence-electron chi connectivity index (χ1n) is 7.38. The van der Waals surface area contributed by atoms with Crippen LogP contribution in [0.15, 0.2) is 28.8 Å². The number of nitrogens with zero attached hydrogens (tertiary/aromatic N) is 3. The molecule has 8 heteroatoms. The first kappa shape index (κ1) is 17.5. The van der Waals surface area contributed by atoms with Gasteiger partial charge < -0.3 is 19.9 Å². The average molecular weight is 340 g/mol. The van der Waals surface area contributed by atoms with Gasteiger partial charge in [-0.1, -0.05) is 17.3 Å². The summed E-state index contributed by atoms with van der Waals surface area (Å²) in [6.45, 7) is 3.29. The number of nitrogens with one attached hydrogen (secondary N) is 2. The zero-order valence-electron chi connectivity index (χ0n) is 13.3. The predicted octanol–water partition coefficient (Wildman–Crippen LogP) is 1.69. The van der Waals surface area contributed by atoms with Crippen LogP contribution in [-0.4, -0.2) is 48.8 Å². The van der Waals surface area contributed by atoms with Crippen LogP contribution in [0.2, 0.25) is 0 Å². The summed E-state index contributed by atoms with van der Waals surface area (Å²) in [5.41, 5.74) is 0.904. The molecule has 0 bridgehead atoms. The molecule has 0 amide bonds. The summed E-state index contributed by atoms with van der Waals surface area (Å²) in [6, 6.07) is 7.91. The third-order valence-corrected chi connectivity index (χ3v) is 3.83. The lowest BCUT2D eigenvalue weighted by molar-refractivity contribution is 0.190. The van der Waals surface area contributed by atoms with Crippen LogP contribution in [0.25, 0.3) is 0 Å². The zero-order valence-corrected chi connectivity index (χ0v) is 14.1. The number of methoxy groups -OCH3 is 1. The lowest BCUT2D eigenvalue weighted by Crippen LogP contribution is -2.44. The normalized spacial score (nSPS) is 18.3. The van der Waals surface area contributed by atoms with Gasteiger partial charge in [0.05, 0.1) is 25.4 Å². The van der Waals surface area contributed by atoms with Crippen LogP contribution in [0.3, 0.4) is 0 Å². The number of ether oxygens (including phenoxy) is 1. The second-order valence-corrected chi connectivity index (χ2v) is 5.30. The van der Waals surface area contributed by atoms with Gasteiger partial charge in [-0.05, 0) is 19.2 Å². The molecule has 126 valence electrons. The van der Waals surface area contributed by atoms with Crippen molar-refractivity contribution in [3.63, 3.8) is 0 Å². The molecule has 2 heterocycles. The Kier molecular flexibility index (Phi) is 6.20. The van der Waals surface area contributed by atoms with Crippen LogP contribution >= 0.6 is 12.4 Å². The molecule has 1 unspecified atom stereocenters. The molecule has 1 atom stereocenters. The summed E-state index contributed by atoms with van der Waals surface area (Å²) in [7, 11) is 3.73. The first-order chi connectivity index (χ1) is 10.8. The van der Waals surface area contributed by atoms with E-state index in [0.717, 1.165) is 36.9 Å². The molecular weight excluding hydrogens is 318 g/mol. The molecule has 1 aromatic carbocycles. The topological polar surface area (TPSA) is 75.5 Å². The number of aromatic nitrogens is 2. The molecule has 0 radical (unpaired) electrons. The molecule has 7 nitrogen and oxygen atoms in total. The van der Waals surface area contributed by atoms with Gasteiger partial charge in [0.15, 0.2) is 5.82 Å². The third kappa shape index (κ3) is 4.13. The molecule has 1 aromatic heterocycles. The number of anilines is 1. The lowest BCUT2D eigenvalue weighted by atomic mass is 10.2. The van der Waals surface area contributed by atoms with Gasteiger partial charge in [0.2, 0.25) is 5.89 Å². The number of benzene rings is 1. The summed E-state index contributed by atoms with van der Waals surface area (Å²) < 4.78 is 10.6. The summed E-state index contributed by atoms with van der Waals surface area (Å²) in [5, 5.41) is 10.7. The van der Waals surface area contributed by atoms with E-state index in [9.17, 15) is 0 Å². The molecule has 1 aliphatic heterocycles. The predicted molar refractivity (Wildman–Crippen MR) is 90.1 cm³/mol. The molecule has 0 spiro atoms. The molecule has 0 saturated carbocycles. The van der Waals surface area contributed by atoms with Crippen molar-refractivity contribution in [2.45, 2.75) is 12.6 Å². The minimum Gasteiger partial charge on any atom is -0.495 e. The number of rotatable bonds is 5. The molecule has 3 rings (SSSR count). The van der Waals surface area contributed by atoms with E-state index >= 15 is 0 Å². The van der Waals surface area contributed by atoms with E-state index in [-0.39, 0.29) is 18.4 Å². The molecule has 0 aliphatic carbocycles. The molecule has 1 aliphatic rings. The van der Waals surface area contributed by atoms with Gasteiger partial charge in [-0.25, -0.2) is 0 Å². The Balaban J connectivity index is 0.00000192. The summed E-state index contributed by atoms with van der Waals surface area (Å²) >= 11 is 0. The fourth-order valence-corrected chi connectivity index (χ4v) is 2.53. The number of hydrogen-bond acceptors (Lipinski definition) is 7. The maximum Gasteiger partial charge on any atom is 0.246 e. The number of piperazine rings is 1. The summed E-state index contributed by atoms with van der Waals surface area (Å²) in [5.74, 6) is 2.09. The highest BCUT2D eigenvalue weighted by Gasteiger charge is 2.25. The van der Waals surface area contributed by atoms with E-state index in [2.05, 4.69) is 32.7 Å². The van der Waals surface area contributed by atoms with Crippen molar-refractivity contribution in [2.24, 2.45) is 0 Å². The van der Waals surface area contributed by atoms with Crippen LogP contribution in [0.4, 0.5) is 5.69 Å². The van der Waals surface area contributed by atoms with Crippen molar-refractivity contribution in [1.29, 1.82) is 0 Å². The lowest BCUT2D eigenvalue weighted by Gasteiger charge is -2.30. The number of hydrogen-bond donors (Lipinski definition) is 2. The third-order valence-electron chi connectivity index (χ3n) is 3.83. The van der Waals surface area contributed by atoms with Gasteiger partial charge in [0.25, 0.3) is 0 Å². The van der Waals surface area contributed by atoms with Crippen LogP contribution < -0.4 is 15.4 Å². The minimum atomic E-state index is 0. The van der Waals surface area contributed by atoms with Crippen molar-refractivity contribution in [3.05, 3.63) is 36.0 Å². The average Bonchev–Trinajstić information content (AvgIpc) is 3.02. The maximum absolute atomic E-state index is 5.34. The van der Waals surface area contributed by atoms with Gasteiger partial charge in [-0.15, -0.1) is 12.4 Å². The molecule has 23 heavy (non-hydrogen) atoms. The highest BCUT2D eigenvalue weighted by atomic mass is 35.5. The van der Waals surface area contributed by atoms with Crippen molar-refractivity contribution >= 4 is 18.1 Å². The minimum absolute atomic E-state index is 0. The Labute approximate surface area is 141 Å². The summed E-state index contributed by atoms with van der Waals surface area (Å²) in [6.07, 6.45) is 0. The highest BCUT2D eigenvalue weighted by Crippen LogP contribution is 2.24. The SMILES string of the molecule is COc1ccccc1NCc1nc(C2CNCCN2C)no1.Cl. The van der Waals surface area contributed by atoms with Crippen LogP contribution in [0.1, 0.15) is 17.8 Å². The van der Waals surface area contributed by atoms with E-state index in [1.54, 1.807) is 7.11 Å². The Morgan fingerprint density at radius 2 is 2.26 bits per heavy atom. The number of para-hydroxylation sites is 2. The Bertz CT molecular complexity index is 621.